The first-order valence-corrected chi connectivity index (χ1v) is 5.96. The largest absolute Gasteiger partial charge is 0.394 e. The van der Waals surface area contributed by atoms with Gasteiger partial charge in [-0.05, 0) is 13.0 Å². The van der Waals surface area contributed by atoms with Crippen molar-refractivity contribution in [1.82, 2.24) is 0 Å². The summed E-state index contributed by atoms with van der Waals surface area (Å²) in [4.78, 5) is 2.16. The Kier molecular flexibility index (Phi) is 3.99. The van der Waals surface area contributed by atoms with E-state index in [1.807, 2.05) is 24.3 Å². The van der Waals surface area contributed by atoms with Gasteiger partial charge in [0.1, 0.15) is 0 Å². The van der Waals surface area contributed by atoms with Crippen LogP contribution in [0, 0.1) is 0 Å². The van der Waals surface area contributed by atoms with Gasteiger partial charge in [-0.25, -0.2) is 0 Å². The molecule has 4 nitrogen and oxygen atoms in total. The van der Waals surface area contributed by atoms with Gasteiger partial charge in [-0.1, -0.05) is 18.2 Å². The van der Waals surface area contributed by atoms with Crippen LogP contribution in [0.1, 0.15) is 18.6 Å². The van der Waals surface area contributed by atoms with Gasteiger partial charge in [0.25, 0.3) is 0 Å². The molecule has 0 aromatic heterocycles. The highest BCUT2D eigenvalue weighted by Gasteiger charge is 2.22. The number of rotatable bonds is 3. The molecule has 1 heterocycles. The lowest BCUT2D eigenvalue weighted by Gasteiger charge is -2.35. The predicted octanol–water partition coefficient (Wildman–Crippen LogP) is 0.937. The molecule has 1 aliphatic heterocycles. The van der Waals surface area contributed by atoms with Crippen LogP contribution in [0.5, 0.6) is 0 Å². The summed E-state index contributed by atoms with van der Waals surface area (Å²) in [5.74, 6) is 0. The molecule has 2 rings (SSSR count). The number of morpholine rings is 1. The molecule has 94 valence electrons. The van der Waals surface area contributed by atoms with Crippen LogP contribution in [0.25, 0.3) is 0 Å². The third-order valence-electron chi connectivity index (χ3n) is 3.07. The molecule has 1 aromatic carbocycles. The minimum absolute atomic E-state index is 0.0351. The molecule has 1 aromatic rings. The molecule has 17 heavy (non-hydrogen) atoms. The van der Waals surface area contributed by atoms with Gasteiger partial charge in [-0.3, -0.25) is 0 Å². The van der Waals surface area contributed by atoms with Crippen molar-refractivity contribution in [3.05, 3.63) is 29.8 Å². The van der Waals surface area contributed by atoms with Gasteiger partial charge in [0.15, 0.2) is 0 Å². The lowest BCUT2D eigenvalue weighted by atomic mass is 10.1. The highest BCUT2D eigenvalue weighted by Crippen LogP contribution is 2.27. The highest BCUT2D eigenvalue weighted by molar-refractivity contribution is 5.54. The molecular formula is C13H19NO3. The Morgan fingerprint density at radius 3 is 2.94 bits per heavy atom. The van der Waals surface area contributed by atoms with Gasteiger partial charge in [-0.2, -0.15) is 0 Å². The number of para-hydroxylation sites is 1. The average Bonchev–Trinajstić information content (AvgIpc) is 2.39. The molecular weight excluding hydrogens is 218 g/mol. The third kappa shape index (κ3) is 2.77. The summed E-state index contributed by atoms with van der Waals surface area (Å²) in [7, 11) is 0. The van der Waals surface area contributed by atoms with Crippen molar-refractivity contribution in [2.75, 3.05) is 31.2 Å². The highest BCUT2D eigenvalue weighted by atomic mass is 16.5. The third-order valence-corrected chi connectivity index (χ3v) is 3.07. The van der Waals surface area contributed by atoms with E-state index in [0.717, 1.165) is 17.8 Å². The van der Waals surface area contributed by atoms with Crippen molar-refractivity contribution in [3.63, 3.8) is 0 Å². The van der Waals surface area contributed by atoms with E-state index in [-0.39, 0.29) is 12.7 Å². The first-order chi connectivity index (χ1) is 8.22. The minimum atomic E-state index is -0.485. The standard InChI is InChI=1S/C13H19NO3/c1-10(16)12-4-2-3-5-13(12)14-6-7-17-11(8-14)9-15/h2-5,10-11,15-16H,6-9H2,1H3. The Hall–Kier alpha value is -1.10. The smallest absolute Gasteiger partial charge is 0.0980 e. The SMILES string of the molecule is CC(O)c1ccccc1N1CCOC(CO)C1. The molecule has 2 N–H and O–H groups in total. The van der Waals surface area contributed by atoms with Crippen LogP contribution >= 0.6 is 0 Å². The number of aliphatic hydroxyl groups is 2. The number of anilines is 1. The Morgan fingerprint density at radius 2 is 2.24 bits per heavy atom. The first-order valence-electron chi connectivity index (χ1n) is 5.96. The van der Waals surface area contributed by atoms with E-state index in [9.17, 15) is 5.11 Å². The summed E-state index contributed by atoms with van der Waals surface area (Å²) in [6.45, 7) is 3.87. The second kappa shape index (κ2) is 5.49. The first kappa shape index (κ1) is 12.4. The quantitative estimate of drug-likeness (QED) is 0.821. The molecule has 0 saturated carbocycles. The Bertz CT molecular complexity index is 367. The average molecular weight is 237 g/mol. The fourth-order valence-electron chi connectivity index (χ4n) is 2.18. The van der Waals surface area contributed by atoms with Crippen LogP contribution in [-0.2, 0) is 4.74 Å². The van der Waals surface area contributed by atoms with E-state index in [0.29, 0.717) is 13.2 Å². The second-order valence-corrected chi connectivity index (χ2v) is 4.36. The van der Waals surface area contributed by atoms with Gasteiger partial charge < -0.3 is 19.8 Å². The van der Waals surface area contributed by atoms with Crippen LogP contribution in [0.15, 0.2) is 24.3 Å². The summed E-state index contributed by atoms with van der Waals surface area (Å²) < 4.78 is 5.43. The Labute approximate surface area is 101 Å². The molecule has 0 spiro atoms. The number of hydrogen-bond donors (Lipinski definition) is 2. The van der Waals surface area contributed by atoms with Gasteiger partial charge in [0.05, 0.1) is 25.4 Å². The predicted molar refractivity (Wildman–Crippen MR) is 66.1 cm³/mol. The number of aliphatic hydroxyl groups excluding tert-OH is 2. The van der Waals surface area contributed by atoms with Crippen LogP contribution in [0.3, 0.4) is 0 Å². The summed E-state index contributed by atoms with van der Waals surface area (Å²) in [5, 5.41) is 18.9. The lowest BCUT2D eigenvalue weighted by molar-refractivity contribution is 0.00343. The van der Waals surface area contributed by atoms with Crippen LogP contribution in [-0.4, -0.2) is 42.6 Å². The fourth-order valence-corrected chi connectivity index (χ4v) is 2.18. The number of benzene rings is 1. The number of ether oxygens (including phenoxy) is 1. The molecule has 4 heteroatoms. The summed E-state index contributed by atoms with van der Waals surface area (Å²) in [6, 6.07) is 7.82. The van der Waals surface area contributed by atoms with Gasteiger partial charge >= 0.3 is 0 Å². The van der Waals surface area contributed by atoms with Crippen molar-refractivity contribution < 1.29 is 14.9 Å². The minimum Gasteiger partial charge on any atom is -0.394 e. The maximum atomic E-state index is 9.75. The Balaban J connectivity index is 2.21. The summed E-state index contributed by atoms with van der Waals surface area (Å²) >= 11 is 0. The zero-order chi connectivity index (χ0) is 12.3. The molecule has 0 aliphatic carbocycles. The van der Waals surface area contributed by atoms with Crippen molar-refractivity contribution in [2.24, 2.45) is 0 Å². The van der Waals surface area contributed by atoms with Gasteiger partial charge in [0.2, 0.25) is 0 Å². The van der Waals surface area contributed by atoms with Gasteiger partial charge in [-0.15, -0.1) is 0 Å². The molecule has 1 aliphatic rings. The monoisotopic (exact) mass is 237 g/mol. The van der Waals surface area contributed by atoms with E-state index in [1.54, 1.807) is 6.92 Å². The molecule has 0 radical (unpaired) electrons. The zero-order valence-electron chi connectivity index (χ0n) is 10.0. The zero-order valence-corrected chi connectivity index (χ0v) is 10.0. The lowest BCUT2D eigenvalue weighted by Crippen LogP contribution is -2.44. The van der Waals surface area contributed by atoms with Crippen molar-refractivity contribution in [1.29, 1.82) is 0 Å². The Morgan fingerprint density at radius 1 is 1.47 bits per heavy atom. The second-order valence-electron chi connectivity index (χ2n) is 4.36. The maximum absolute atomic E-state index is 9.75. The molecule has 2 unspecified atom stereocenters. The van der Waals surface area contributed by atoms with E-state index < -0.39 is 6.10 Å². The van der Waals surface area contributed by atoms with Crippen molar-refractivity contribution >= 4 is 5.69 Å². The molecule has 2 atom stereocenters. The molecule has 1 fully saturated rings. The summed E-state index contributed by atoms with van der Waals surface area (Å²) in [5.41, 5.74) is 1.95. The van der Waals surface area contributed by atoms with E-state index >= 15 is 0 Å². The number of nitrogens with zero attached hydrogens (tertiary/aromatic N) is 1. The maximum Gasteiger partial charge on any atom is 0.0980 e. The topological polar surface area (TPSA) is 52.9 Å². The van der Waals surface area contributed by atoms with Crippen LogP contribution in [0.2, 0.25) is 0 Å². The van der Waals surface area contributed by atoms with Crippen molar-refractivity contribution in [3.8, 4) is 0 Å². The van der Waals surface area contributed by atoms with Gasteiger partial charge in [0, 0.05) is 24.3 Å². The summed E-state index contributed by atoms with van der Waals surface area (Å²) in [6.07, 6.45) is -0.618. The van der Waals surface area contributed by atoms with Crippen LogP contribution in [0.4, 0.5) is 5.69 Å². The van der Waals surface area contributed by atoms with E-state index in [4.69, 9.17) is 9.84 Å². The van der Waals surface area contributed by atoms with Crippen molar-refractivity contribution in [2.45, 2.75) is 19.1 Å². The fraction of sp³-hybridized carbons (Fsp3) is 0.538. The van der Waals surface area contributed by atoms with E-state index in [2.05, 4.69) is 4.90 Å². The van der Waals surface area contributed by atoms with Crippen LogP contribution < -0.4 is 4.90 Å². The normalized spacial score (nSPS) is 22.5. The molecule has 1 saturated heterocycles. The molecule has 0 amide bonds. The molecule has 0 bridgehead atoms. The number of hydrogen-bond acceptors (Lipinski definition) is 4. The van der Waals surface area contributed by atoms with E-state index in [1.165, 1.54) is 0 Å².